The first-order chi connectivity index (χ1) is 16.0. The average Bonchev–Trinajstić information content (AvgIpc) is 3.16. The molecule has 0 N–H and O–H groups in total. The summed E-state index contributed by atoms with van der Waals surface area (Å²) in [7, 11) is 1.62. The van der Waals surface area contributed by atoms with Gasteiger partial charge in [0.25, 0.3) is 0 Å². The number of nitrogens with zero attached hydrogens (tertiary/aromatic N) is 5. The van der Waals surface area contributed by atoms with Crippen molar-refractivity contribution in [2.45, 2.75) is 51.2 Å². The van der Waals surface area contributed by atoms with Gasteiger partial charge in [0, 0.05) is 36.3 Å². The maximum absolute atomic E-state index is 13.7. The van der Waals surface area contributed by atoms with Gasteiger partial charge in [0.2, 0.25) is 0 Å². The topological polar surface area (TPSA) is 46.8 Å². The maximum atomic E-state index is 13.7. The molecule has 3 heterocycles. The van der Waals surface area contributed by atoms with E-state index in [2.05, 4.69) is 35.8 Å². The van der Waals surface area contributed by atoms with Gasteiger partial charge in [-0.15, -0.1) is 0 Å². The normalized spacial score (nSPS) is 16.6. The molecule has 0 unspecified atom stereocenters. The molecule has 4 aromatic rings. The van der Waals surface area contributed by atoms with Crippen molar-refractivity contribution in [1.29, 1.82) is 0 Å². The molecular weight excluding hydrogens is 439 g/mol. The molecule has 0 atom stereocenters. The highest BCUT2D eigenvalue weighted by molar-refractivity contribution is 5.89. The third kappa shape index (κ3) is 4.27. The molecule has 0 aliphatic carbocycles. The number of halogens is 3. The first-order valence-electron chi connectivity index (χ1n) is 11.6. The Balaban J connectivity index is 1.46. The van der Waals surface area contributed by atoms with Crippen molar-refractivity contribution < 1.29 is 13.2 Å². The van der Waals surface area contributed by atoms with Crippen LogP contribution in [0.5, 0.6) is 0 Å². The van der Waals surface area contributed by atoms with Crippen LogP contribution in [0.3, 0.4) is 0 Å². The molecule has 1 aliphatic rings. The van der Waals surface area contributed by atoms with Crippen molar-refractivity contribution in [2.24, 2.45) is 7.05 Å². The van der Waals surface area contributed by atoms with Crippen LogP contribution in [-0.4, -0.2) is 43.3 Å². The summed E-state index contributed by atoms with van der Waals surface area (Å²) in [6, 6.07) is 8.39. The Hall–Kier alpha value is -3.00. The van der Waals surface area contributed by atoms with E-state index in [0.717, 1.165) is 37.1 Å². The zero-order valence-corrected chi connectivity index (χ0v) is 19.8. The van der Waals surface area contributed by atoms with Gasteiger partial charge in [-0.2, -0.15) is 18.3 Å². The molecule has 2 aromatic carbocycles. The molecule has 5 nitrogen and oxygen atoms in total. The van der Waals surface area contributed by atoms with Crippen LogP contribution < -0.4 is 0 Å². The summed E-state index contributed by atoms with van der Waals surface area (Å²) in [6.45, 7) is 8.79. The van der Waals surface area contributed by atoms with Crippen LogP contribution in [0, 0.1) is 0 Å². The molecule has 0 amide bonds. The molecule has 1 saturated heterocycles. The molecule has 1 fully saturated rings. The Kier molecular flexibility index (Phi) is 5.39. The van der Waals surface area contributed by atoms with E-state index >= 15 is 0 Å². The van der Waals surface area contributed by atoms with Crippen molar-refractivity contribution in [3.8, 4) is 11.1 Å². The van der Waals surface area contributed by atoms with Crippen LogP contribution in [0.25, 0.3) is 33.1 Å². The fourth-order valence-corrected chi connectivity index (χ4v) is 4.88. The second kappa shape index (κ2) is 8.05. The molecule has 178 valence electrons. The number of likely N-dealkylation sites (tertiary alicyclic amines) is 1. The SMILES string of the molecule is Cn1cc2cc(-c3ccc4nc(C5CCN(C(C)(C)C)CC5)cnc4c3)cc(C(F)(F)F)c2n1. The quantitative estimate of drug-likeness (QED) is 0.353. The Morgan fingerprint density at radius 3 is 2.35 bits per heavy atom. The molecule has 8 heteroatoms. The summed E-state index contributed by atoms with van der Waals surface area (Å²) < 4.78 is 42.5. The highest BCUT2D eigenvalue weighted by Crippen LogP contribution is 2.38. The monoisotopic (exact) mass is 467 g/mol. The number of aryl methyl sites for hydroxylation is 1. The number of alkyl halides is 3. The van der Waals surface area contributed by atoms with E-state index in [1.54, 1.807) is 19.3 Å². The van der Waals surface area contributed by atoms with Crippen LogP contribution in [-0.2, 0) is 13.2 Å². The predicted octanol–water partition coefficient (Wildman–Crippen LogP) is 6.18. The van der Waals surface area contributed by atoms with Gasteiger partial charge >= 0.3 is 6.18 Å². The van der Waals surface area contributed by atoms with E-state index in [1.807, 2.05) is 24.4 Å². The van der Waals surface area contributed by atoms with Crippen molar-refractivity contribution in [2.75, 3.05) is 13.1 Å². The van der Waals surface area contributed by atoms with Crippen molar-refractivity contribution in [3.05, 3.63) is 54.0 Å². The third-order valence-electron chi connectivity index (χ3n) is 6.78. The molecule has 5 rings (SSSR count). The first-order valence-corrected chi connectivity index (χ1v) is 11.6. The minimum Gasteiger partial charge on any atom is -0.298 e. The number of hydrogen-bond donors (Lipinski definition) is 0. The Morgan fingerprint density at radius 1 is 0.941 bits per heavy atom. The van der Waals surface area contributed by atoms with E-state index in [-0.39, 0.29) is 11.1 Å². The van der Waals surface area contributed by atoms with Crippen LogP contribution in [0.2, 0.25) is 0 Å². The Labute approximate surface area is 196 Å². The van der Waals surface area contributed by atoms with E-state index in [0.29, 0.717) is 27.9 Å². The van der Waals surface area contributed by atoms with Gasteiger partial charge in [-0.25, -0.2) is 4.98 Å². The fraction of sp³-hybridized carbons (Fsp3) is 0.423. The molecule has 0 saturated carbocycles. The van der Waals surface area contributed by atoms with Crippen molar-refractivity contribution in [1.82, 2.24) is 24.6 Å². The lowest BCUT2D eigenvalue weighted by atomic mass is 9.91. The second-order valence-electron chi connectivity index (χ2n) is 10.2. The van der Waals surface area contributed by atoms with Gasteiger partial charge in [-0.05, 0) is 82.1 Å². The zero-order valence-electron chi connectivity index (χ0n) is 19.8. The number of benzene rings is 2. The van der Waals surface area contributed by atoms with Gasteiger partial charge in [0.05, 0.1) is 22.3 Å². The standard InChI is InChI=1S/C26H28F3N5/c1-25(2,3)34-9-7-16(8-10-34)23-14-30-22-13-17(5-6-21(22)31-23)18-11-19-15-33(4)32-24(19)20(12-18)26(27,28)29/h5-6,11-16H,7-10H2,1-4H3. The first kappa shape index (κ1) is 22.8. The summed E-state index contributed by atoms with van der Waals surface area (Å²) in [5.74, 6) is 0.373. The largest absolute Gasteiger partial charge is 0.418 e. The maximum Gasteiger partial charge on any atom is 0.418 e. The molecule has 1 aliphatic heterocycles. The van der Waals surface area contributed by atoms with Crippen LogP contribution in [0.15, 0.2) is 42.7 Å². The highest BCUT2D eigenvalue weighted by Gasteiger charge is 2.34. The Morgan fingerprint density at radius 2 is 1.68 bits per heavy atom. The summed E-state index contributed by atoms with van der Waals surface area (Å²) >= 11 is 0. The van der Waals surface area contributed by atoms with Gasteiger partial charge < -0.3 is 0 Å². The smallest absolute Gasteiger partial charge is 0.298 e. The predicted molar refractivity (Wildman–Crippen MR) is 128 cm³/mol. The second-order valence-corrected chi connectivity index (χ2v) is 10.2. The highest BCUT2D eigenvalue weighted by atomic mass is 19.4. The molecule has 0 radical (unpaired) electrons. The lowest BCUT2D eigenvalue weighted by Gasteiger charge is -2.40. The van der Waals surface area contributed by atoms with E-state index in [1.165, 1.54) is 10.7 Å². The fourth-order valence-electron chi connectivity index (χ4n) is 4.88. The van der Waals surface area contributed by atoms with Crippen molar-refractivity contribution in [3.63, 3.8) is 0 Å². The summed E-state index contributed by atoms with van der Waals surface area (Å²) in [5.41, 5.74) is 2.97. The van der Waals surface area contributed by atoms with E-state index in [9.17, 15) is 13.2 Å². The van der Waals surface area contributed by atoms with Gasteiger partial charge in [0.1, 0.15) is 5.52 Å². The Bertz CT molecular complexity index is 1360. The zero-order chi connectivity index (χ0) is 24.3. The lowest BCUT2D eigenvalue weighted by Crippen LogP contribution is -2.45. The van der Waals surface area contributed by atoms with Crippen LogP contribution in [0.4, 0.5) is 13.2 Å². The minimum atomic E-state index is -4.49. The van der Waals surface area contributed by atoms with Gasteiger partial charge in [-0.1, -0.05) is 6.07 Å². The number of rotatable bonds is 2. The van der Waals surface area contributed by atoms with Gasteiger partial charge in [0.15, 0.2) is 0 Å². The molecule has 34 heavy (non-hydrogen) atoms. The minimum absolute atomic E-state index is 0.0403. The van der Waals surface area contributed by atoms with Crippen LogP contribution in [0.1, 0.15) is 50.8 Å². The number of hydrogen-bond acceptors (Lipinski definition) is 4. The summed E-state index contributed by atoms with van der Waals surface area (Å²) in [6.07, 6.45) is 1.03. The number of piperidine rings is 1. The summed E-state index contributed by atoms with van der Waals surface area (Å²) in [5, 5.41) is 4.46. The number of fused-ring (bicyclic) bond motifs is 2. The number of aromatic nitrogens is 4. The average molecular weight is 468 g/mol. The summed E-state index contributed by atoms with van der Waals surface area (Å²) in [4.78, 5) is 12.0. The van der Waals surface area contributed by atoms with Gasteiger partial charge in [-0.3, -0.25) is 14.6 Å². The van der Waals surface area contributed by atoms with E-state index in [4.69, 9.17) is 4.98 Å². The molecule has 0 bridgehead atoms. The van der Waals surface area contributed by atoms with E-state index < -0.39 is 11.7 Å². The third-order valence-corrected chi connectivity index (χ3v) is 6.78. The molecule has 2 aromatic heterocycles. The lowest BCUT2D eigenvalue weighted by molar-refractivity contribution is -0.136. The molecular formula is C26H28F3N5. The molecule has 0 spiro atoms. The van der Waals surface area contributed by atoms with Crippen LogP contribution >= 0.6 is 0 Å². The van der Waals surface area contributed by atoms with Crippen molar-refractivity contribution >= 4 is 21.9 Å².